The van der Waals surface area contributed by atoms with E-state index in [0.717, 1.165) is 90.1 Å². The van der Waals surface area contributed by atoms with Gasteiger partial charge in [0.15, 0.2) is 0 Å². The van der Waals surface area contributed by atoms with Crippen LogP contribution in [0.2, 0.25) is 69.1 Å². The van der Waals surface area contributed by atoms with Crippen molar-refractivity contribution in [2.75, 3.05) is 0 Å². The molecule has 0 unspecified atom stereocenters. The van der Waals surface area contributed by atoms with Gasteiger partial charge in [-0.05, 0) is 72.7 Å². The van der Waals surface area contributed by atoms with Crippen LogP contribution in [0, 0.1) is 76.2 Å². The van der Waals surface area contributed by atoms with Crippen molar-refractivity contribution in [3.63, 3.8) is 0 Å². The van der Waals surface area contributed by atoms with Gasteiger partial charge in [-0.3, -0.25) is 0 Å². The summed E-state index contributed by atoms with van der Waals surface area (Å²) in [5.74, 6) is 28.7. The minimum atomic E-state index is -1.84. The maximum atomic E-state index is 4.67. The van der Waals surface area contributed by atoms with E-state index in [4.69, 9.17) is 0 Å². The number of nitrogens with zero attached hydrogens (tertiary/aromatic N) is 8. The quantitative estimate of drug-likeness (QED) is 0.0739. The third-order valence-corrected chi connectivity index (χ3v) is 38.7. The number of aryl methyl sites for hydroxylation is 4. The number of hydrogen-bond acceptors (Lipinski definition) is 8. The third-order valence-electron chi connectivity index (χ3n) is 21.6. The summed E-state index contributed by atoms with van der Waals surface area (Å²) in [6, 6.07) is 149. The van der Waals surface area contributed by atoms with Crippen LogP contribution >= 0.6 is 0 Å². The van der Waals surface area contributed by atoms with Gasteiger partial charge in [0.25, 0.3) is 0 Å². The molecule has 0 amide bonds. The van der Waals surface area contributed by atoms with Crippen molar-refractivity contribution in [1.82, 2.24) is 39.9 Å². The molecule has 0 saturated heterocycles. The Morgan fingerprint density at radius 2 is 0.428 bits per heavy atom. The molecule has 19 aromatic rings. The van der Waals surface area contributed by atoms with Crippen LogP contribution in [0.25, 0.3) is 123 Å². The van der Waals surface area contributed by atoms with E-state index in [-0.39, 0.29) is 80.4 Å². The Bertz CT molecular complexity index is 6390. The zero-order valence-corrected chi connectivity index (χ0v) is 99.1. The van der Waals surface area contributed by atoms with Crippen molar-refractivity contribution in [3.8, 4) is 123 Å². The molecule has 0 atom stereocenters. The van der Waals surface area contributed by atoms with E-state index >= 15 is 0 Å². The van der Waals surface area contributed by atoms with Crippen LogP contribution in [0.3, 0.4) is 0 Å². The number of benzene rings is 11. The van der Waals surface area contributed by atoms with Crippen LogP contribution in [0.5, 0.6) is 0 Å². The van der Waals surface area contributed by atoms with Gasteiger partial charge >= 0.3 is 506 Å². The fourth-order valence-electron chi connectivity index (χ4n) is 13.6. The van der Waals surface area contributed by atoms with Crippen molar-refractivity contribution in [2.45, 2.75) is 96.8 Å². The van der Waals surface area contributed by atoms with E-state index < -0.39 is 53.1 Å². The normalized spacial score (nSPS) is 10.5. The number of rotatable bonds is 15. The Labute approximate surface area is 885 Å². The molecule has 16 heteroatoms. The minimum absolute atomic E-state index is 0. The molecular formula is C122H116Ge4Ir4N8-8. The molecule has 704 valence electrons. The second-order valence-electron chi connectivity index (χ2n) is 36.6. The molecule has 0 fully saturated rings. The summed E-state index contributed by atoms with van der Waals surface area (Å²) in [6.45, 7) is 8.13. The Balaban J connectivity index is 0.000000195. The van der Waals surface area contributed by atoms with E-state index in [1.165, 1.54) is 73.2 Å². The number of aromatic nitrogens is 8. The van der Waals surface area contributed by atoms with Crippen molar-refractivity contribution in [2.24, 2.45) is 0 Å². The van der Waals surface area contributed by atoms with Crippen LogP contribution < -0.4 is 17.6 Å². The van der Waals surface area contributed by atoms with Crippen molar-refractivity contribution in [1.29, 1.82) is 0 Å². The number of hydrogen-bond donors (Lipinski definition) is 0. The molecule has 8 heterocycles. The molecule has 0 aliphatic rings. The zero-order chi connectivity index (χ0) is 94.7. The van der Waals surface area contributed by atoms with Gasteiger partial charge < -0.3 is 19.9 Å². The molecule has 0 spiro atoms. The predicted octanol–water partition coefficient (Wildman–Crippen LogP) is 28.8. The topological polar surface area (TPSA) is 103 Å². The molecule has 11 aromatic carbocycles. The van der Waals surface area contributed by atoms with Gasteiger partial charge in [0.1, 0.15) is 0 Å². The minimum Gasteiger partial charge on any atom is 0 e. The van der Waals surface area contributed by atoms with E-state index in [1.54, 1.807) is 0 Å². The third kappa shape index (κ3) is 36.2. The standard InChI is InChI=1S/3C20H20GeN.C14H16GeN.4C12H10N.4Ir/c1-21(2,3)19-12-13-22-20(15-19)18-11-7-10-17(14-18)16-8-5-4-6-9-16;1-21(2,3)19-12-13-20(22-15-19)18-11-7-10-17(14-18)16-8-5-4-6-9-16;1-21(2,3)19-13-14-20(22-15-19)18-11-9-17(10-12-18)16-7-5-4-6-8-16;1-15(2,3)13-9-10-16-14(11-13)12-7-5-4-6-8-12;4*1-10-7-8-12(13-9-10)11-5-3-2-4-6-11;;;;/h2*4-10,12-15H,1-3H3;4-11,13-15H,1-3H3;4-7,9-11H,1-3H3;4*2-5,7-9H,1H3;;;;/q8*-1;;;;. The molecule has 0 aliphatic carbocycles. The SMILES string of the molecule is Cc1ccc(-c2[c-]cccc2)nc1.Cc1ccc(-c2[c-]cccc2)nc1.Cc1ccc(-c2[c-]cccc2)nc1.Cc1ccc(-c2[c-]cccc2)nc1.[CH3][Ge]([CH3])([CH3])[c]1ccc(-c2[c-]cc(-c3ccccc3)cc2)nc1.[CH3][Ge]([CH3])([CH3])[c]1ccc(-c2[c-]ccc(-c3ccccc3)c2)nc1.[CH3][Ge]([CH3])([CH3])[c]1ccnc(-c2[c-]ccc(-c3ccccc3)c2)c1.[CH3][Ge]([CH3])([CH3])[c]1ccnc(-c2[c-]cccc2)c1.[Ir].[Ir].[Ir].[Ir]. The molecule has 19 rings (SSSR count). The van der Waals surface area contributed by atoms with Crippen LogP contribution in [-0.2, 0) is 80.4 Å². The Morgan fingerprint density at radius 1 is 0.174 bits per heavy atom. The van der Waals surface area contributed by atoms with Gasteiger partial charge in [0, 0.05) is 105 Å². The van der Waals surface area contributed by atoms with Crippen molar-refractivity contribution < 1.29 is 80.4 Å². The van der Waals surface area contributed by atoms with Gasteiger partial charge in [0.2, 0.25) is 0 Å². The Hall–Kier alpha value is -10.6. The molecular weight excluding hydrogens is 2640 g/mol. The zero-order valence-electron chi connectivity index (χ0n) is 81.2. The van der Waals surface area contributed by atoms with Crippen LogP contribution in [0.15, 0.2) is 414 Å². The van der Waals surface area contributed by atoms with Gasteiger partial charge in [-0.2, -0.15) is 0 Å². The first-order chi connectivity index (χ1) is 64.6. The Morgan fingerprint density at radius 3 is 0.688 bits per heavy atom. The largest absolute Gasteiger partial charge is 0 e. The first-order valence-corrected chi connectivity index (χ1v) is 74.7. The monoisotopic (exact) mass is 2760 g/mol. The summed E-state index contributed by atoms with van der Waals surface area (Å²) in [4.78, 5) is 35.5. The second kappa shape index (κ2) is 56.6. The van der Waals surface area contributed by atoms with Crippen molar-refractivity contribution in [3.05, 3.63) is 484 Å². The summed E-state index contributed by atoms with van der Waals surface area (Å²) < 4.78 is 5.83. The molecule has 0 aliphatic heterocycles. The molecule has 8 aromatic heterocycles. The fourth-order valence-corrected chi connectivity index (χ4v) is 22.7. The van der Waals surface area contributed by atoms with E-state index in [2.05, 4.69) is 352 Å². The van der Waals surface area contributed by atoms with Gasteiger partial charge in [-0.25, -0.2) is 0 Å². The van der Waals surface area contributed by atoms with E-state index in [9.17, 15) is 0 Å². The van der Waals surface area contributed by atoms with Gasteiger partial charge in [0.05, 0.1) is 0 Å². The van der Waals surface area contributed by atoms with E-state index in [1.807, 2.05) is 247 Å². The van der Waals surface area contributed by atoms with E-state index in [0.29, 0.717) is 0 Å². The van der Waals surface area contributed by atoms with Gasteiger partial charge in [-0.1, -0.05) is 48.5 Å². The smallest absolute Gasteiger partial charge is 0 e. The molecule has 0 N–H and O–H groups in total. The molecule has 8 nitrogen and oxygen atoms in total. The summed E-state index contributed by atoms with van der Waals surface area (Å²) in [5, 5.41) is 0. The predicted molar refractivity (Wildman–Crippen MR) is 575 cm³/mol. The summed E-state index contributed by atoms with van der Waals surface area (Å²) in [5.41, 5.74) is 28.4. The molecule has 0 saturated carbocycles. The first kappa shape index (κ1) is 113. The first-order valence-electron chi connectivity index (χ1n) is 45.3. The van der Waals surface area contributed by atoms with Crippen molar-refractivity contribution >= 4 is 70.6 Å². The maximum Gasteiger partial charge on any atom is 0 e. The average molecular weight is 2750 g/mol. The summed E-state index contributed by atoms with van der Waals surface area (Å²) in [6.07, 6.45) is 15.4. The second-order valence-corrected chi connectivity index (χ2v) is 79.2. The Kier molecular flexibility index (Phi) is 46.2. The van der Waals surface area contributed by atoms with Gasteiger partial charge in [-0.15, -0.1) is 144 Å². The number of pyridine rings is 8. The summed E-state index contributed by atoms with van der Waals surface area (Å²) >= 11 is -7.15. The maximum absolute atomic E-state index is 4.67. The van der Waals surface area contributed by atoms with Crippen LogP contribution in [0.1, 0.15) is 22.3 Å². The molecule has 4 radical (unpaired) electrons. The fraction of sp³-hybridized carbons (Fsp3) is 0.131. The van der Waals surface area contributed by atoms with Crippen LogP contribution in [-0.4, -0.2) is 92.9 Å². The van der Waals surface area contributed by atoms with Crippen LogP contribution in [0.4, 0.5) is 0 Å². The average Bonchev–Trinajstić information content (AvgIpc) is 0.809. The molecule has 0 bridgehead atoms. The summed E-state index contributed by atoms with van der Waals surface area (Å²) in [7, 11) is 0. The molecule has 138 heavy (non-hydrogen) atoms.